The molecule has 20 heavy (non-hydrogen) atoms. The number of hydrazone groups is 1. The highest BCUT2D eigenvalue weighted by atomic mass is 16.1. The fraction of sp³-hybridized carbons (Fsp3) is 0.231. The molecule has 0 saturated heterocycles. The molecule has 0 unspecified atom stereocenters. The van der Waals surface area contributed by atoms with Gasteiger partial charge in [0.2, 0.25) is 11.6 Å². The van der Waals surface area contributed by atoms with Crippen LogP contribution in [0.2, 0.25) is 0 Å². The number of anilines is 2. The van der Waals surface area contributed by atoms with Gasteiger partial charge in [0.15, 0.2) is 5.84 Å². The summed E-state index contributed by atoms with van der Waals surface area (Å²) in [6.45, 7) is 3.60. The van der Waals surface area contributed by atoms with Crippen molar-refractivity contribution >= 4 is 28.8 Å². The van der Waals surface area contributed by atoms with Crippen LogP contribution in [0.4, 0.5) is 11.4 Å². The molecular formula is C13H16N6O. The van der Waals surface area contributed by atoms with Crippen molar-refractivity contribution in [3.8, 4) is 6.07 Å². The average molecular weight is 272 g/mol. The second kappa shape index (κ2) is 6.89. The fourth-order valence-corrected chi connectivity index (χ4v) is 1.22. The van der Waals surface area contributed by atoms with Crippen LogP contribution in [-0.2, 0) is 4.79 Å². The minimum atomic E-state index is -0.413. The van der Waals surface area contributed by atoms with Gasteiger partial charge in [-0.2, -0.15) is 10.4 Å². The number of nitriles is 1. The van der Waals surface area contributed by atoms with Crippen molar-refractivity contribution in [1.29, 1.82) is 10.7 Å². The van der Waals surface area contributed by atoms with Crippen LogP contribution in [0.15, 0.2) is 29.4 Å². The number of nitrogens with one attached hydrogen (secondary N) is 3. The number of nitrogens with two attached hydrogens (primary N) is 1. The zero-order valence-corrected chi connectivity index (χ0v) is 11.3. The van der Waals surface area contributed by atoms with Gasteiger partial charge in [-0.1, -0.05) is 19.9 Å². The van der Waals surface area contributed by atoms with E-state index in [1.807, 2.05) is 0 Å². The summed E-state index contributed by atoms with van der Waals surface area (Å²) in [6, 6.07) is 8.55. The van der Waals surface area contributed by atoms with Crippen LogP contribution in [0.5, 0.6) is 0 Å². The molecule has 1 aromatic carbocycles. The molecule has 0 heterocycles. The van der Waals surface area contributed by atoms with Gasteiger partial charge in [0, 0.05) is 11.6 Å². The third kappa shape index (κ3) is 4.42. The molecule has 1 aromatic rings. The number of amidine groups is 1. The number of hydrogen-bond acceptors (Lipinski definition) is 5. The molecule has 0 saturated carbocycles. The van der Waals surface area contributed by atoms with Crippen molar-refractivity contribution in [2.45, 2.75) is 13.8 Å². The first-order chi connectivity index (χ1) is 9.43. The van der Waals surface area contributed by atoms with E-state index in [0.29, 0.717) is 11.4 Å². The molecule has 7 nitrogen and oxygen atoms in total. The van der Waals surface area contributed by atoms with Crippen LogP contribution in [0.25, 0.3) is 0 Å². The Balaban J connectivity index is 2.82. The number of carbonyl (C=O) groups excluding carboxylic acids is 1. The molecule has 0 fully saturated rings. The minimum Gasteiger partial charge on any atom is -0.382 e. The van der Waals surface area contributed by atoms with E-state index in [4.69, 9.17) is 16.4 Å². The van der Waals surface area contributed by atoms with Crippen LogP contribution in [-0.4, -0.2) is 17.5 Å². The van der Waals surface area contributed by atoms with Gasteiger partial charge in [-0.25, -0.2) is 0 Å². The molecule has 104 valence electrons. The number of rotatable bonds is 5. The zero-order valence-electron chi connectivity index (χ0n) is 11.3. The van der Waals surface area contributed by atoms with Crippen molar-refractivity contribution in [3.63, 3.8) is 0 Å². The standard InChI is InChI=1S/C13H16N6O/c1-8(2)13(20)17-9-4-3-5-10(6-9)18-19-11(7-14)12(15)16/h3-6,8,18H,1-2H3,(H3,15,16)(H,17,20)/b19-11+. The van der Waals surface area contributed by atoms with Gasteiger partial charge in [-0.3, -0.25) is 15.6 Å². The molecule has 0 aliphatic carbocycles. The van der Waals surface area contributed by atoms with Gasteiger partial charge in [-0.05, 0) is 18.2 Å². The lowest BCUT2D eigenvalue weighted by Gasteiger charge is -2.09. The highest BCUT2D eigenvalue weighted by molar-refractivity contribution is 6.45. The molecule has 0 atom stereocenters. The molecule has 0 radical (unpaired) electrons. The van der Waals surface area contributed by atoms with E-state index >= 15 is 0 Å². The van der Waals surface area contributed by atoms with Gasteiger partial charge in [-0.15, -0.1) is 0 Å². The summed E-state index contributed by atoms with van der Waals surface area (Å²) in [5.41, 5.74) is 8.77. The fourth-order valence-electron chi connectivity index (χ4n) is 1.22. The third-order valence-electron chi connectivity index (χ3n) is 2.31. The Kier molecular flexibility index (Phi) is 5.23. The maximum absolute atomic E-state index is 11.6. The van der Waals surface area contributed by atoms with E-state index in [1.54, 1.807) is 44.2 Å². The summed E-state index contributed by atoms with van der Waals surface area (Å²) in [5.74, 6) is -0.621. The van der Waals surface area contributed by atoms with Gasteiger partial charge >= 0.3 is 0 Å². The smallest absolute Gasteiger partial charge is 0.226 e. The molecule has 0 spiro atoms. The Morgan fingerprint density at radius 1 is 1.45 bits per heavy atom. The first kappa shape index (κ1) is 15.2. The first-order valence-electron chi connectivity index (χ1n) is 5.93. The van der Waals surface area contributed by atoms with E-state index in [0.717, 1.165) is 0 Å². The van der Waals surface area contributed by atoms with Crippen molar-refractivity contribution < 1.29 is 4.79 Å². The zero-order chi connectivity index (χ0) is 15.1. The summed E-state index contributed by atoms with van der Waals surface area (Å²) in [6.07, 6.45) is 0. The number of hydrogen-bond donors (Lipinski definition) is 4. The monoisotopic (exact) mass is 272 g/mol. The van der Waals surface area contributed by atoms with Crippen molar-refractivity contribution in [1.82, 2.24) is 0 Å². The Labute approximate surface area is 117 Å². The van der Waals surface area contributed by atoms with Gasteiger partial charge in [0.05, 0.1) is 5.69 Å². The highest BCUT2D eigenvalue weighted by Crippen LogP contribution is 2.15. The number of nitrogens with zero attached hydrogens (tertiary/aromatic N) is 2. The summed E-state index contributed by atoms with van der Waals surface area (Å²) in [7, 11) is 0. The van der Waals surface area contributed by atoms with E-state index in [9.17, 15) is 4.79 Å². The lowest BCUT2D eigenvalue weighted by Crippen LogP contribution is -2.21. The van der Waals surface area contributed by atoms with Crippen LogP contribution < -0.4 is 16.5 Å². The second-order valence-corrected chi connectivity index (χ2v) is 4.32. The maximum Gasteiger partial charge on any atom is 0.226 e. The molecular weight excluding hydrogens is 256 g/mol. The van der Waals surface area contributed by atoms with E-state index in [-0.39, 0.29) is 17.5 Å². The molecule has 0 aromatic heterocycles. The Bertz CT molecular complexity index is 585. The highest BCUT2D eigenvalue weighted by Gasteiger charge is 2.07. The first-order valence-corrected chi connectivity index (χ1v) is 5.93. The van der Waals surface area contributed by atoms with E-state index in [2.05, 4.69) is 15.8 Å². The predicted molar refractivity (Wildman–Crippen MR) is 78.5 cm³/mol. The molecule has 1 amide bonds. The maximum atomic E-state index is 11.6. The summed E-state index contributed by atoms with van der Waals surface area (Å²) in [5, 5.41) is 22.3. The van der Waals surface area contributed by atoms with Crippen molar-refractivity contribution in [2.24, 2.45) is 16.8 Å². The molecule has 0 aliphatic heterocycles. The molecule has 7 heteroatoms. The van der Waals surface area contributed by atoms with Gasteiger partial charge in [0.1, 0.15) is 6.07 Å². The van der Waals surface area contributed by atoms with Crippen LogP contribution in [0.1, 0.15) is 13.8 Å². The Morgan fingerprint density at radius 3 is 2.65 bits per heavy atom. The normalized spacial score (nSPS) is 10.8. The molecule has 1 rings (SSSR count). The van der Waals surface area contributed by atoms with Gasteiger partial charge < -0.3 is 11.1 Å². The molecule has 0 aliphatic rings. The minimum absolute atomic E-state index is 0.0906. The lowest BCUT2D eigenvalue weighted by molar-refractivity contribution is -0.118. The van der Waals surface area contributed by atoms with E-state index < -0.39 is 5.84 Å². The second-order valence-electron chi connectivity index (χ2n) is 4.32. The lowest BCUT2D eigenvalue weighted by atomic mass is 10.2. The summed E-state index contributed by atoms with van der Waals surface area (Å²) in [4.78, 5) is 11.6. The third-order valence-corrected chi connectivity index (χ3v) is 2.31. The quantitative estimate of drug-likeness (QED) is 0.368. The Hall–Kier alpha value is -2.88. The molecule has 5 N–H and O–H groups in total. The number of carbonyl (C=O) groups is 1. The summed E-state index contributed by atoms with van der Waals surface area (Å²) < 4.78 is 0. The van der Waals surface area contributed by atoms with Crippen LogP contribution in [0, 0.1) is 22.7 Å². The molecule has 0 bridgehead atoms. The number of amides is 1. The topological polar surface area (TPSA) is 127 Å². The van der Waals surface area contributed by atoms with Crippen molar-refractivity contribution in [2.75, 3.05) is 10.7 Å². The number of benzene rings is 1. The SMILES string of the molecule is CC(C)C(=O)Nc1cccc(N/N=C(\C#N)C(=N)N)c1. The van der Waals surface area contributed by atoms with Gasteiger partial charge in [0.25, 0.3) is 0 Å². The van der Waals surface area contributed by atoms with Crippen molar-refractivity contribution in [3.05, 3.63) is 24.3 Å². The van der Waals surface area contributed by atoms with Crippen LogP contribution in [0.3, 0.4) is 0 Å². The van der Waals surface area contributed by atoms with Crippen LogP contribution >= 0.6 is 0 Å². The predicted octanol–water partition coefficient (Wildman–Crippen LogP) is 1.51. The Morgan fingerprint density at radius 2 is 2.10 bits per heavy atom. The largest absolute Gasteiger partial charge is 0.382 e. The summed E-state index contributed by atoms with van der Waals surface area (Å²) >= 11 is 0. The van der Waals surface area contributed by atoms with E-state index in [1.165, 1.54) is 0 Å². The average Bonchev–Trinajstić information content (AvgIpc) is 2.39.